The van der Waals surface area contributed by atoms with Crippen LogP contribution in [-0.4, -0.2) is 39.2 Å². The van der Waals surface area contributed by atoms with Crippen LogP contribution in [0.15, 0.2) is 79.3 Å². The Morgan fingerprint density at radius 3 is 2.30 bits per heavy atom. The lowest BCUT2D eigenvalue weighted by Crippen LogP contribution is -2.15. The van der Waals surface area contributed by atoms with Gasteiger partial charge in [0.15, 0.2) is 11.6 Å². The molecule has 3 aromatic carbocycles. The average Bonchev–Trinajstić information content (AvgIpc) is 2.94. The second kappa shape index (κ2) is 11.0. The lowest BCUT2D eigenvalue weighted by atomic mass is 10.0. The topological polar surface area (TPSA) is 136 Å². The first-order chi connectivity index (χ1) is 19.3. The highest BCUT2D eigenvalue weighted by atomic mass is 19.1. The Morgan fingerprint density at radius 2 is 1.62 bits per heavy atom. The van der Waals surface area contributed by atoms with Crippen LogP contribution in [0.5, 0.6) is 17.4 Å². The van der Waals surface area contributed by atoms with E-state index in [4.69, 9.17) is 14.6 Å². The molecule has 5 aromatic rings. The molecular weight excluding hydrogens is 517 g/mol. The third-order valence-electron chi connectivity index (χ3n) is 6.00. The molecule has 5 rings (SSSR count). The number of carbonyl (C=O) groups excluding carboxylic acids is 1. The number of fused-ring (bicyclic) bond motifs is 1. The molecule has 0 aliphatic heterocycles. The molecule has 2 aromatic heterocycles. The van der Waals surface area contributed by atoms with Gasteiger partial charge in [0, 0.05) is 28.4 Å². The van der Waals surface area contributed by atoms with Crippen molar-refractivity contribution in [1.82, 2.24) is 15.0 Å². The molecule has 3 N–H and O–H groups in total. The van der Waals surface area contributed by atoms with Crippen molar-refractivity contribution in [2.75, 3.05) is 17.7 Å². The molecule has 0 radical (unpaired) electrons. The zero-order valence-electron chi connectivity index (χ0n) is 21.3. The first-order valence-corrected chi connectivity index (χ1v) is 12.0. The number of hydrogen-bond acceptors (Lipinski definition) is 7. The zero-order chi connectivity index (χ0) is 28.2. The highest BCUT2D eigenvalue weighted by Crippen LogP contribution is 2.35. The summed E-state index contributed by atoms with van der Waals surface area (Å²) < 4.78 is 25.5. The Morgan fingerprint density at radius 1 is 0.900 bits per heavy atom. The molecule has 0 saturated heterocycles. The quantitative estimate of drug-likeness (QED) is 0.220. The molecule has 2 amide bonds. The number of hydrogen-bond donors (Lipinski definition) is 3. The van der Waals surface area contributed by atoms with E-state index >= 15 is 0 Å². The van der Waals surface area contributed by atoms with Crippen LogP contribution >= 0.6 is 0 Å². The maximum atomic E-state index is 14.4. The van der Waals surface area contributed by atoms with E-state index in [1.165, 1.54) is 25.7 Å². The number of rotatable bonds is 7. The van der Waals surface area contributed by atoms with Crippen molar-refractivity contribution in [2.24, 2.45) is 0 Å². The molecule has 0 atom stereocenters. The molecule has 0 unspecified atom stereocenters. The van der Waals surface area contributed by atoms with Gasteiger partial charge < -0.3 is 19.9 Å². The summed E-state index contributed by atoms with van der Waals surface area (Å²) >= 11 is 0. The van der Waals surface area contributed by atoms with Crippen LogP contribution in [0.4, 0.5) is 20.6 Å². The van der Waals surface area contributed by atoms with Crippen molar-refractivity contribution in [3.05, 3.63) is 96.3 Å². The summed E-state index contributed by atoms with van der Waals surface area (Å²) in [6.07, 6.45) is 1.70. The third kappa shape index (κ3) is 5.48. The lowest BCUT2D eigenvalue weighted by molar-refractivity contribution is 0.102. The third-order valence-corrected chi connectivity index (χ3v) is 6.00. The van der Waals surface area contributed by atoms with Crippen molar-refractivity contribution in [3.8, 4) is 28.5 Å². The Kier molecular flexibility index (Phi) is 7.18. The average molecular weight is 540 g/mol. The summed E-state index contributed by atoms with van der Waals surface area (Å²) in [4.78, 5) is 36.5. The van der Waals surface area contributed by atoms with Crippen LogP contribution < -0.4 is 20.1 Å². The first-order valence-electron chi connectivity index (χ1n) is 12.0. The number of benzene rings is 3. The van der Waals surface area contributed by atoms with Crippen molar-refractivity contribution < 1.29 is 28.6 Å². The summed E-state index contributed by atoms with van der Waals surface area (Å²) in [6.45, 7) is 1.84. The van der Waals surface area contributed by atoms with E-state index in [9.17, 15) is 14.0 Å². The number of nitrogens with one attached hydrogen (secondary N) is 2. The maximum absolute atomic E-state index is 14.4. The molecule has 0 spiro atoms. The fraction of sp³-hybridized carbons (Fsp3) is 0.0690. The van der Waals surface area contributed by atoms with E-state index in [0.717, 1.165) is 5.39 Å². The second-order valence-corrected chi connectivity index (χ2v) is 8.60. The predicted molar refractivity (Wildman–Crippen MR) is 147 cm³/mol. The van der Waals surface area contributed by atoms with Gasteiger partial charge in [-0.3, -0.25) is 10.1 Å². The number of methoxy groups -OCH3 is 1. The highest BCUT2D eigenvalue weighted by molar-refractivity contribution is 6.06. The fourth-order valence-corrected chi connectivity index (χ4v) is 4.05. The SMILES string of the molecule is COc1ncc(-c2cc(Oc3ccc(C(=O)Nc4ccccc4NC(=O)O)cc3)c3ncnc(C)c3c2)cc1F. The minimum Gasteiger partial charge on any atom is -0.479 e. The van der Waals surface area contributed by atoms with Crippen LogP contribution in [0.25, 0.3) is 22.0 Å². The minimum atomic E-state index is -1.24. The number of pyridine rings is 1. The number of aryl methyl sites for hydroxylation is 1. The van der Waals surface area contributed by atoms with E-state index < -0.39 is 17.8 Å². The van der Waals surface area contributed by atoms with Crippen LogP contribution in [0.1, 0.15) is 16.1 Å². The van der Waals surface area contributed by atoms with Gasteiger partial charge in [-0.2, -0.15) is 0 Å². The number of nitrogens with zero attached hydrogens (tertiary/aromatic N) is 3. The second-order valence-electron chi connectivity index (χ2n) is 8.60. The molecule has 0 fully saturated rings. The standard InChI is InChI=1S/C29H22FN5O5/c1-16-21-11-18(19-12-22(30)28(39-2)31-14-19)13-25(26(21)33-15-32-16)40-20-9-7-17(8-10-20)27(36)34-23-5-3-4-6-24(23)35-29(37)38/h3-15,35H,1-2H3,(H,34,36)(H,37,38). The zero-order valence-corrected chi connectivity index (χ0v) is 21.3. The van der Waals surface area contributed by atoms with Gasteiger partial charge in [-0.15, -0.1) is 0 Å². The van der Waals surface area contributed by atoms with Gasteiger partial charge in [0.05, 0.1) is 18.5 Å². The van der Waals surface area contributed by atoms with Gasteiger partial charge in [0.2, 0.25) is 5.88 Å². The Balaban J connectivity index is 1.42. The summed E-state index contributed by atoms with van der Waals surface area (Å²) in [7, 11) is 1.35. The van der Waals surface area contributed by atoms with Gasteiger partial charge in [0.1, 0.15) is 17.6 Å². The molecule has 200 valence electrons. The van der Waals surface area contributed by atoms with Gasteiger partial charge in [0.25, 0.3) is 5.91 Å². The summed E-state index contributed by atoms with van der Waals surface area (Å²) in [5.74, 6) is -0.306. The molecule has 0 aliphatic carbocycles. The fourth-order valence-electron chi connectivity index (χ4n) is 4.05. The number of anilines is 2. The van der Waals surface area contributed by atoms with E-state index in [1.54, 1.807) is 54.6 Å². The van der Waals surface area contributed by atoms with Gasteiger partial charge in [-0.05, 0) is 67.1 Å². The molecule has 10 nitrogen and oxygen atoms in total. The van der Waals surface area contributed by atoms with E-state index in [2.05, 4.69) is 25.6 Å². The number of ether oxygens (including phenoxy) is 2. The molecule has 2 heterocycles. The number of carbonyl (C=O) groups is 2. The molecule has 11 heteroatoms. The van der Waals surface area contributed by atoms with Crippen LogP contribution in [0.2, 0.25) is 0 Å². The number of carboxylic acid groups (broad SMARTS) is 1. The lowest BCUT2D eigenvalue weighted by Gasteiger charge is -2.13. The Bertz CT molecular complexity index is 1740. The summed E-state index contributed by atoms with van der Waals surface area (Å²) in [5.41, 5.74) is 3.31. The van der Waals surface area contributed by atoms with Gasteiger partial charge >= 0.3 is 6.09 Å². The molecule has 0 saturated carbocycles. The molecule has 0 aliphatic rings. The van der Waals surface area contributed by atoms with Crippen molar-refractivity contribution in [2.45, 2.75) is 6.92 Å². The van der Waals surface area contributed by atoms with Crippen LogP contribution in [-0.2, 0) is 0 Å². The molecule has 40 heavy (non-hydrogen) atoms. The summed E-state index contributed by atoms with van der Waals surface area (Å²) in [5, 5.41) is 14.7. The summed E-state index contributed by atoms with van der Waals surface area (Å²) in [6, 6.07) is 17.8. The minimum absolute atomic E-state index is 0.105. The largest absolute Gasteiger partial charge is 0.479 e. The smallest absolute Gasteiger partial charge is 0.409 e. The number of para-hydroxylation sites is 2. The normalized spacial score (nSPS) is 10.7. The van der Waals surface area contributed by atoms with Gasteiger partial charge in [-0.1, -0.05) is 12.1 Å². The molecular formula is C29H22FN5O5. The van der Waals surface area contributed by atoms with Crippen molar-refractivity contribution in [1.29, 1.82) is 0 Å². The number of amides is 2. The predicted octanol–water partition coefficient (Wildman–Crippen LogP) is 6.28. The van der Waals surface area contributed by atoms with Crippen molar-refractivity contribution >= 4 is 34.3 Å². The monoisotopic (exact) mass is 539 g/mol. The maximum Gasteiger partial charge on any atom is 0.409 e. The number of halogens is 1. The van der Waals surface area contributed by atoms with E-state index in [1.807, 2.05) is 13.0 Å². The Labute approximate surface area is 227 Å². The molecule has 0 bridgehead atoms. The van der Waals surface area contributed by atoms with E-state index in [0.29, 0.717) is 45.1 Å². The Hall–Kier alpha value is -5.58. The highest BCUT2D eigenvalue weighted by Gasteiger charge is 2.15. The number of aromatic nitrogens is 3. The van der Waals surface area contributed by atoms with Crippen LogP contribution in [0, 0.1) is 12.7 Å². The van der Waals surface area contributed by atoms with Crippen molar-refractivity contribution in [3.63, 3.8) is 0 Å². The van der Waals surface area contributed by atoms with Crippen LogP contribution in [0.3, 0.4) is 0 Å². The van der Waals surface area contributed by atoms with Gasteiger partial charge in [-0.25, -0.2) is 24.1 Å². The first kappa shape index (κ1) is 26.0. The van der Waals surface area contributed by atoms with E-state index in [-0.39, 0.29) is 11.6 Å².